The van der Waals surface area contributed by atoms with Gasteiger partial charge >= 0.3 is 0 Å². The molecule has 4 nitrogen and oxygen atoms in total. The topological polar surface area (TPSA) is 49.8 Å². The fourth-order valence-corrected chi connectivity index (χ4v) is 2.29. The maximum Gasteiger partial charge on any atom is 0.253 e. The first kappa shape index (κ1) is 15.7. The third kappa shape index (κ3) is 4.06. The van der Waals surface area contributed by atoms with Gasteiger partial charge in [0, 0.05) is 18.7 Å². The van der Waals surface area contributed by atoms with Crippen molar-refractivity contribution < 1.29 is 14.6 Å². The molecule has 0 radical (unpaired) electrons. The summed E-state index contributed by atoms with van der Waals surface area (Å²) < 4.78 is 4.96. The van der Waals surface area contributed by atoms with Gasteiger partial charge in [-0.1, -0.05) is 0 Å². The lowest BCUT2D eigenvalue weighted by molar-refractivity contribution is 0.0741. The molecule has 0 fully saturated rings. The highest BCUT2D eigenvalue weighted by Gasteiger charge is 2.18. The summed E-state index contributed by atoms with van der Waals surface area (Å²) in [6.45, 7) is 2.03. The first-order valence-corrected chi connectivity index (χ1v) is 7.53. The second kappa shape index (κ2) is 7.28. The van der Waals surface area contributed by atoms with Crippen LogP contribution >= 0.6 is 11.8 Å². The molecule has 0 aliphatic heterocycles. The summed E-state index contributed by atoms with van der Waals surface area (Å²) in [5.41, 5.74) is 0.469. The molecule has 1 N–H and O–H groups in total. The highest BCUT2D eigenvalue weighted by Crippen LogP contribution is 2.27. The minimum atomic E-state index is -0.0912. The van der Waals surface area contributed by atoms with Gasteiger partial charge in [0.2, 0.25) is 0 Å². The Morgan fingerprint density at radius 3 is 2.74 bits per heavy atom. The number of rotatable bonds is 6. The molecule has 106 valence electrons. The van der Waals surface area contributed by atoms with Crippen molar-refractivity contribution in [3.05, 3.63) is 23.8 Å². The number of ether oxygens (including phenoxy) is 1. The summed E-state index contributed by atoms with van der Waals surface area (Å²) in [5.74, 6) is 1.28. The number of methoxy groups -OCH3 is 1. The second-order valence-corrected chi connectivity index (χ2v) is 5.42. The molecule has 5 heteroatoms. The van der Waals surface area contributed by atoms with E-state index in [1.165, 1.54) is 13.2 Å². The molecule has 19 heavy (non-hydrogen) atoms. The van der Waals surface area contributed by atoms with Crippen molar-refractivity contribution in [2.24, 2.45) is 0 Å². The van der Waals surface area contributed by atoms with Gasteiger partial charge in [-0.25, -0.2) is 0 Å². The molecule has 0 spiro atoms. The summed E-state index contributed by atoms with van der Waals surface area (Å²) in [6.07, 6.45) is 3.00. The Bertz CT molecular complexity index is 437. The number of phenols is 1. The van der Waals surface area contributed by atoms with E-state index in [0.29, 0.717) is 11.3 Å². The van der Waals surface area contributed by atoms with Crippen LogP contribution in [0.1, 0.15) is 23.7 Å². The van der Waals surface area contributed by atoms with Crippen LogP contribution in [-0.4, -0.2) is 48.1 Å². The average Bonchev–Trinajstić information content (AvgIpc) is 2.42. The lowest BCUT2D eigenvalue weighted by Crippen LogP contribution is -2.35. The first-order chi connectivity index (χ1) is 9.01. The normalized spacial score (nSPS) is 12.0. The van der Waals surface area contributed by atoms with E-state index in [2.05, 4.69) is 6.26 Å². The maximum absolute atomic E-state index is 12.3. The summed E-state index contributed by atoms with van der Waals surface area (Å²) in [5, 5.41) is 9.70. The molecule has 1 amide bonds. The van der Waals surface area contributed by atoms with Crippen molar-refractivity contribution in [3.63, 3.8) is 0 Å². The van der Waals surface area contributed by atoms with Crippen LogP contribution in [-0.2, 0) is 0 Å². The average molecular weight is 283 g/mol. The lowest BCUT2D eigenvalue weighted by atomic mass is 10.1. The van der Waals surface area contributed by atoms with Crippen molar-refractivity contribution in [2.75, 3.05) is 26.2 Å². The molecule has 1 atom stereocenters. The number of carbonyl (C=O) groups excluding carboxylic acids is 1. The molecule has 0 saturated heterocycles. The fraction of sp³-hybridized carbons (Fsp3) is 0.500. The van der Waals surface area contributed by atoms with Crippen LogP contribution in [0.25, 0.3) is 0 Å². The number of nitrogens with zero attached hydrogens (tertiary/aromatic N) is 1. The Kier molecular flexibility index (Phi) is 6.02. The Balaban J connectivity index is 2.79. The molecular weight excluding hydrogens is 262 g/mol. The molecule has 0 aromatic heterocycles. The van der Waals surface area contributed by atoms with Gasteiger partial charge in [0.05, 0.1) is 7.11 Å². The van der Waals surface area contributed by atoms with Crippen LogP contribution in [0.2, 0.25) is 0 Å². The number of aromatic hydroxyl groups is 1. The molecule has 0 heterocycles. The van der Waals surface area contributed by atoms with Crippen LogP contribution in [0, 0.1) is 0 Å². The van der Waals surface area contributed by atoms with Gasteiger partial charge in [0.15, 0.2) is 11.5 Å². The summed E-state index contributed by atoms with van der Waals surface area (Å²) in [4.78, 5) is 14.0. The second-order valence-electron chi connectivity index (χ2n) is 4.43. The predicted molar refractivity (Wildman–Crippen MR) is 79.2 cm³/mol. The summed E-state index contributed by atoms with van der Waals surface area (Å²) >= 11 is 1.77. The van der Waals surface area contributed by atoms with Crippen molar-refractivity contribution in [1.82, 2.24) is 4.90 Å². The van der Waals surface area contributed by atoms with E-state index in [0.717, 1.165) is 12.2 Å². The molecular formula is C14H21NO3S. The zero-order valence-corrected chi connectivity index (χ0v) is 12.7. The molecule has 0 saturated carbocycles. The number of phenolic OH excluding ortho intramolecular Hbond substituents is 1. The highest BCUT2D eigenvalue weighted by molar-refractivity contribution is 7.98. The first-order valence-electron chi connectivity index (χ1n) is 6.14. The Hall–Kier alpha value is -1.36. The van der Waals surface area contributed by atoms with Gasteiger partial charge in [-0.05, 0) is 43.6 Å². The van der Waals surface area contributed by atoms with Gasteiger partial charge in [-0.3, -0.25) is 4.79 Å². The van der Waals surface area contributed by atoms with Crippen molar-refractivity contribution in [1.29, 1.82) is 0 Å². The van der Waals surface area contributed by atoms with Gasteiger partial charge in [-0.15, -0.1) is 0 Å². The van der Waals surface area contributed by atoms with Crippen molar-refractivity contribution in [2.45, 2.75) is 19.4 Å². The molecule has 0 aliphatic rings. The Morgan fingerprint density at radius 2 is 2.21 bits per heavy atom. The molecule has 0 bridgehead atoms. The minimum absolute atomic E-state index is 0.0153. The standard InChI is InChI=1S/C14H21NO3S/c1-10(7-8-19-4)15(2)14(17)11-5-6-13(18-3)12(16)9-11/h5-6,9-10,16H,7-8H2,1-4H3. The molecule has 0 aliphatic carbocycles. The van der Waals surface area contributed by atoms with Crippen LogP contribution < -0.4 is 4.74 Å². The van der Waals surface area contributed by atoms with Gasteiger partial charge < -0.3 is 14.7 Å². The van der Waals surface area contributed by atoms with Gasteiger partial charge in [-0.2, -0.15) is 11.8 Å². The van der Waals surface area contributed by atoms with E-state index in [-0.39, 0.29) is 17.7 Å². The molecule has 1 rings (SSSR count). The Labute approximate surface area is 118 Å². The van der Waals surface area contributed by atoms with Crippen LogP contribution in [0.3, 0.4) is 0 Å². The predicted octanol–water partition coefficient (Wildman–Crippen LogP) is 2.61. The van der Waals surface area contributed by atoms with Gasteiger partial charge in [0.1, 0.15) is 0 Å². The van der Waals surface area contributed by atoms with Crippen molar-refractivity contribution >= 4 is 17.7 Å². The van der Waals surface area contributed by atoms with E-state index in [4.69, 9.17) is 4.74 Å². The van der Waals surface area contributed by atoms with E-state index >= 15 is 0 Å². The molecule has 1 unspecified atom stereocenters. The third-order valence-electron chi connectivity index (χ3n) is 3.15. The lowest BCUT2D eigenvalue weighted by Gasteiger charge is -2.25. The Morgan fingerprint density at radius 1 is 1.53 bits per heavy atom. The number of hydrogen-bond donors (Lipinski definition) is 1. The number of carbonyl (C=O) groups is 1. The summed E-state index contributed by atoms with van der Waals surface area (Å²) in [7, 11) is 3.27. The monoisotopic (exact) mass is 283 g/mol. The smallest absolute Gasteiger partial charge is 0.253 e. The van der Waals surface area contributed by atoms with E-state index < -0.39 is 0 Å². The largest absolute Gasteiger partial charge is 0.504 e. The van der Waals surface area contributed by atoms with E-state index in [1.54, 1.807) is 35.8 Å². The fourth-order valence-electron chi connectivity index (χ4n) is 1.71. The number of hydrogen-bond acceptors (Lipinski definition) is 4. The summed E-state index contributed by atoms with van der Waals surface area (Å²) in [6, 6.07) is 4.88. The van der Waals surface area contributed by atoms with Crippen LogP contribution in [0.15, 0.2) is 18.2 Å². The number of amides is 1. The zero-order chi connectivity index (χ0) is 14.4. The zero-order valence-electron chi connectivity index (χ0n) is 11.8. The third-order valence-corrected chi connectivity index (χ3v) is 3.79. The SMILES string of the molecule is COc1ccc(C(=O)N(C)C(C)CCSC)cc1O. The minimum Gasteiger partial charge on any atom is -0.504 e. The maximum atomic E-state index is 12.3. The van der Waals surface area contributed by atoms with E-state index in [9.17, 15) is 9.90 Å². The number of thioether (sulfide) groups is 1. The molecule has 1 aromatic rings. The van der Waals surface area contributed by atoms with Crippen LogP contribution in [0.5, 0.6) is 11.5 Å². The molecule has 1 aromatic carbocycles. The van der Waals surface area contributed by atoms with Crippen LogP contribution in [0.4, 0.5) is 0 Å². The quantitative estimate of drug-likeness (QED) is 0.872. The van der Waals surface area contributed by atoms with Crippen molar-refractivity contribution in [3.8, 4) is 11.5 Å². The number of benzene rings is 1. The van der Waals surface area contributed by atoms with Gasteiger partial charge in [0.25, 0.3) is 5.91 Å². The highest BCUT2D eigenvalue weighted by atomic mass is 32.2. The van der Waals surface area contributed by atoms with E-state index in [1.807, 2.05) is 6.92 Å².